The molecule has 0 unspecified atom stereocenters. The molecule has 1 heterocycles. The second-order valence-corrected chi connectivity index (χ2v) is 5.66. The summed E-state index contributed by atoms with van der Waals surface area (Å²) in [6.45, 7) is 0.00481. The maximum Gasteiger partial charge on any atom is 0.416 e. The number of ether oxygens (including phenoxy) is 1. The SMILES string of the molecule is N#Cc1cc(Cn2ncc(=O)[nH]c2=O)ccc1Oc1ccc(C(F)(F)F)cc1. The van der Waals surface area contributed by atoms with Gasteiger partial charge in [-0.05, 0) is 42.0 Å². The molecule has 0 bridgehead atoms. The molecular formula is C18H11F3N4O3. The standard InChI is InChI=1S/C18H11F3N4O3/c19-18(20,21)13-2-4-14(5-3-13)28-15-6-1-11(7-12(15)8-22)10-25-17(27)24-16(26)9-23-25/h1-7,9H,10H2,(H,24,26,27). The van der Waals surface area contributed by atoms with Crippen molar-refractivity contribution in [1.29, 1.82) is 5.26 Å². The third-order valence-electron chi connectivity index (χ3n) is 3.69. The fourth-order valence-electron chi connectivity index (χ4n) is 2.35. The van der Waals surface area contributed by atoms with Crippen molar-refractivity contribution in [2.45, 2.75) is 12.7 Å². The first-order valence-electron chi connectivity index (χ1n) is 7.81. The van der Waals surface area contributed by atoms with Crippen LogP contribution in [-0.4, -0.2) is 14.8 Å². The van der Waals surface area contributed by atoms with E-state index in [1.54, 1.807) is 6.07 Å². The Bertz CT molecular complexity index is 1160. The molecule has 7 nitrogen and oxygen atoms in total. The lowest BCUT2D eigenvalue weighted by Crippen LogP contribution is -2.31. The van der Waals surface area contributed by atoms with Gasteiger partial charge in [-0.1, -0.05) is 6.07 Å². The van der Waals surface area contributed by atoms with Gasteiger partial charge < -0.3 is 4.74 Å². The van der Waals surface area contributed by atoms with Gasteiger partial charge in [0.1, 0.15) is 23.8 Å². The summed E-state index contributed by atoms with van der Waals surface area (Å²) in [5.74, 6) is 0.281. The summed E-state index contributed by atoms with van der Waals surface area (Å²) in [7, 11) is 0. The summed E-state index contributed by atoms with van der Waals surface area (Å²) in [5, 5.41) is 13.0. The van der Waals surface area contributed by atoms with Crippen LogP contribution in [0.4, 0.5) is 13.2 Å². The number of halogens is 3. The number of nitrogens with one attached hydrogen (secondary N) is 1. The lowest BCUT2D eigenvalue weighted by molar-refractivity contribution is -0.137. The van der Waals surface area contributed by atoms with Crippen LogP contribution in [0.1, 0.15) is 16.7 Å². The average molecular weight is 388 g/mol. The van der Waals surface area contributed by atoms with Crippen molar-refractivity contribution < 1.29 is 17.9 Å². The molecule has 0 fully saturated rings. The molecule has 3 aromatic rings. The third-order valence-corrected chi connectivity index (χ3v) is 3.69. The topological polar surface area (TPSA) is 101 Å². The van der Waals surface area contributed by atoms with Gasteiger partial charge in [0.2, 0.25) is 0 Å². The Hall–Kier alpha value is -3.87. The number of H-pyrrole nitrogens is 1. The van der Waals surface area contributed by atoms with Crippen LogP contribution in [0.15, 0.2) is 58.3 Å². The zero-order valence-corrected chi connectivity index (χ0v) is 14.0. The molecule has 1 N–H and O–H groups in total. The number of nitrogens with zero attached hydrogens (tertiary/aromatic N) is 3. The van der Waals surface area contributed by atoms with E-state index >= 15 is 0 Å². The Kier molecular flexibility index (Phi) is 5.00. The predicted molar refractivity (Wildman–Crippen MR) is 90.9 cm³/mol. The molecular weight excluding hydrogens is 377 g/mol. The number of hydrogen-bond donors (Lipinski definition) is 1. The van der Waals surface area contributed by atoms with Crippen LogP contribution in [0.25, 0.3) is 0 Å². The summed E-state index contributed by atoms with van der Waals surface area (Å²) in [5.41, 5.74) is -1.47. The Balaban J connectivity index is 1.82. The van der Waals surface area contributed by atoms with Gasteiger partial charge in [0.05, 0.1) is 17.7 Å². The highest BCUT2D eigenvalue weighted by atomic mass is 19.4. The summed E-state index contributed by atoms with van der Waals surface area (Å²) < 4.78 is 44.3. The van der Waals surface area contributed by atoms with Gasteiger partial charge in [0, 0.05) is 0 Å². The molecule has 0 aliphatic heterocycles. The summed E-state index contributed by atoms with van der Waals surface area (Å²) >= 11 is 0. The molecule has 3 rings (SSSR count). The van der Waals surface area contributed by atoms with Crippen molar-refractivity contribution >= 4 is 0 Å². The molecule has 28 heavy (non-hydrogen) atoms. The third kappa shape index (κ3) is 4.27. The first-order chi connectivity index (χ1) is 13.3. The molecule has 0 aliphatic rings. The Morgan fingerprint density at radius 3 is 2.46 bits per heavy atom. The number of nitriles is 1. The fraction of sp³-hybridized carbons (Fsp3) is 0.111. The zero-order valence-electron chi connectivity index (χ0n) is 14.0. The minimum atomic E-state index is -4.45. The minimum absolute atomic E-state index is 0.00481. The van der Waals surface area contributed by atoms with E-state index in [1.807, 2.05) is 6.07 Å². The highest BCUT2D eigenvalue weighted by Gasteiger charge is 2.30. The van der Waals surface area contributed by atoms with Crippen LogP contribution >= 0.6 is 0 Å². The van der Waals surface area contributed by atoms with Crippen molar-refractivity contribution in [1.82, 2.24) is 14.8 Å². The van der Waals surface area contributed by atoms with E-state index in [-0.39, 0.29) is 23.6 Å². The maximum absolute atomic E-state index is 12.6. The number of rotatable bonds is 4. The second kappa shape index (κ2) is 7.40. The van der Waals surface area contributed by atoms with Crippen LogP contribution in [0.5, 0.6) is 11.5 Å². The van der Waals surface area contributed by atoms with Gasteiger partial charge >= 0.3 is 11.9 Å². The zero-order chi connectivity index (χ0) is 20.3. The Labute approximate surface area is 155 Å². The second-order valence-electron chi connectivity index (χ2n) is 5.66. The molecule has 10 heteroatoms. The van der Waals surface area contributed by atoms with Crippen molar-refractivity contribution in [2.75, 3.05) is 0 Å². The van der Waals surface area contributed by atoms with Crippen molar-refractivity contribution in [3.63, 3.8) is 0 Å². The highest BCUT2D eigenvalue weighted by molar-refractivity contribution is 5.47. The fourth-order valence-corrected chi connectivity index (χ4v) is 2.35. The molecule has 0 saturated heterocycles. The van der Waals surface area contributed by atoms with Gasteiger partial charge in [-0.3, -0.25) is 9.78 Å². The van der Waals surface area contributed by atoms with Crippen molar-refractivity contribution in [3.05, 3.63) is 86.2 Å². The lowest BCUT2D eigenvalue weighted by Gasteiger charge is -2.11. The van der Waals surface area contributed by atoms with E-state index in [0.29, 0.717) is 5.56 Å². The molecule has 142 valence electrons. The lowest BCUT2D eigenvalue weighted by atomic mass is 10.1. The maximum atomic E-state index is 12.6. The molecule has 2 aromatic carbocycles. The number of hydrogen-bond acceptors (Lipinski definition) is 5. The van der Waals surface area contributed by atoms with Crippen molar-refractivity contribution in [2.24, 2.45) is 0 Å². The van der Waals surface area contributed by atoms with Gasteiger partial charge in [-0.25, -0.2) is 9.48 Å². The van der Waals surface area contributed by atoms with Crippen LogP contribution in [-0.2, 0) is 12.7 Å². The van der Waals surface area contributed by atoms with Crippen LogP contribution in [0, 0.1) is 11.3 Å². The summed E-state index contributed by atoms with van der Waals surface area (Å²) in [6.07, 6.45) is -3.50. The van der Waals surface area contributed by atoms with E-state index in [2.05, 4.69) is 10.1 Å². The van der Waals surface area contributed by atoms with E-state index in [1.165, 1.54) is 12.1 Å². The molecule has 0 amide bonds. The van der Waals surface area contributed by atoms with Gasteiger partial charge in [-0.15, -0.1) is 0 Å². The quantitative estimate of drug-likeness (QED) is 0.741. The largest absolute Gasteiger partial charge is 0.456 e. The monoisotopic (exact) mass is 388 g/mol. The number of benzene rings is 2. The molecule has 1 aromatic heterocycles. The molecule has 0 aliphatic carbocycles. The minimum Gasteiger partial charge on any atom is -0.456 e. The molecule has 0 radical (unpaired) electrons. The van der Waals surface area contributed by atoms with E-state index < -0.39 is 23.0 Å². The number of alkyl halides is 3. The first-order valence-corrected chi connectivity index (χ1v) is 7.81. The molecule has 0 spiro atoms. The smallest absolute Gasteiger partial charge is 0.416 e. The molecule has 0 atom stereocenters. The van der Waals surface area contributed by atoms with E-state index in [4.69, 9.17) is 4.74 Å². The summed E-state index contributed by atoms with van der Waals surface area (Å²) in [6, 6.07) is 10.5. The van der Waals surface area contributed by atoms with Gasteiger partial charge in [0.25, 0.3) is 5.56 Å². The van der Waals surface area contributed by atoms with E-state index in [0.717, 1.165) is 35.1 Å². The number of aromatic amines is 1. The van der Waals surface area contributed by atoms with Gasteiger partial charge in [-0.2, -0.15) is 23.5 Å². The van der Waals surface area contributed by atoms with E-state index in [9.17, 15) is 28.0 Å². The Morgan fingerprint density at radius 1 is 1.14 bits per heavy atom. The normalized spacial score (nSPS) is 11.1. The van der Waals surface area contributed by atoms with Crippen molar-refractivity contribution in [3.8, 4) is 17.6 Å². The van der Waals surface area contributed by atoms with Gasteiger partial charge in [0.15, 0.2) is 0 Å². The highest BCUT2D eigenvalue weighted by Crippen LogP contribution is 2.32. The van der Waals surface area contributed by atoms with Crippen LogP contribution in [0.3, 0.4) is 0 Å². The first kappa shape index (κ1) is 18.9. The predicted octanol–water partition coefficient (Wildman–Crippen LogP) is 2.66. The average Bonchev–Trinajstić information content (AvgIpc) is 2.65. The summed E-state index contributed by atoms with van der Waals surface area (Å²) in [4.78, 5) is 24.8. The van der Waals surface area contributed by atoms with Crippen LogP contribution in [0.2, 0.25) is 0 Å². The number of aromatic nitrogens is 3. The van der Waals surface area contributed by atoms with Crippen LogP contribution < -0.4 is 16.0 Å². The Morgan fingerprint density at radius 2 is 1.86 bits per heavy atom. The molecule has 0 saturated carbocycles.